The molecule has 0 radical (unpaired) electrons. The van der Waals surface area contributed by atoms with E-state index in [9.17, 15) is 0 Å². The molecule has 0 unspecified atom stereocenters. The number of hydrogen-bond acceptors (Lipinski definition) is 2. The average Bonchev–Trinajstić information content (AvgIpc) is 3.65. The summed E-state index contributed by atoms with van der Waals surface area (Å²) in [5.41, 5.74) is 14.1. The third-order valence-corrected chi connectivity index (χ3v) is 12.8. The molecule has 0 fully saturated rings. The minimum atomic E-state index is -0.599. The molecule has 1 aromatic heterocycles. The van der Waals surface area contributed by atoms with Crippen LogP contribution in [0, 0.1) is 0 Å². The lowest BCUT2D eigenvalue weighted by Gasteiger charge is -2.35. The van der Waals surface area contributed by atoms with Crippen LogP contribution in [0.1, 0.15) is 22.3 Å². The largest absolute Gasteiger partial charge is 0.228 e. The number of aromatic nitrogens is 2. The Kier molecular flexibility index (Phi) is 8.11. The molecule has 61 heavy (non-hydrogen) atoms. The fraction of sp³-hybridized carbons (Fsp3) is 0.0169. The van der Waals surface area contributed by atoms with Gasteiger partial charge in [0.15, 0.2) is 5.82 Å². The molecule has 2 nitrogen and oxygen atoms in total. The predicted molar refractivity (Wildman–Crippen MR) is 254 cm³/mol. The molecule has 0 saturated heterocycles. The summed E-state index contributed by atoms with van der Waals surface area (Å²) in [5.74, 6) is 0.704. The van der Waals surface area contributed by atoms with Crippen molar-refractivity contribution >= 4 is 32.3 Å². The van der Waals surface area contributed by atoms with Gasteiger partial charge in [-0.1, -0.05) is 218 Å². The predicted octanol–water partition coefficient (Wildman–Crippen LogP) is 15.0. The first-order valence-electron chi connectivity index (χ1n) is 21.0. The molecule has 0 atom stereocenters. The molecular formula is C59H38N2. The number of fused-ring (bicyclic) bond motifs is 7. The van der Waals surface area contributed by atoms with Crippen molar-refractivity contribution in [1.29, 1.82) is 0 Å². The smallest absolute Gasteiger partial charge is 0.161 e. The van der Waals surface area contributed by atoms with Crippen LogP contribution in [0.25, 0.3) is 88.5 Å². The highest BCUT2D eigenvalue weighted by Crippen LogP contribution is 2.58. The zero-order valence-electron chi connectivity index (χ0n) is 33.3. The Labute approximate surface area is 355 Å². The molecule has 1 aliphatic carbocycles. The van der Waals surface area contributed by atoms with Crippen LogP contribution in [0.2, 0.25) is 0 Å². The summed E-state index contributed by atoms with van der Waals surface area (Å²) in [7, 11) is 0. The standard InChI is InChI=1S/C59H38N2/c1-4-17-39(18-5-1)40-31-33-42(34-32-40)54-38-55(61-58(60-54)56-47-26-13-11-20-43(47)37-52-46-25-12-10-19-41(46)35-36-49(52)56)51-29-16-28-50-48-27-14-15-30-53(48)59(57(50)51,44-21-6-2-7-22-44)45-23-8-3-9-24-45/h1-38H. The van der Waals surface area contributed by atoms with Gasteiger partial charge in [-0.05, 0) is 89.0 Å². The second kappa shape index (κ2) is 14.1. The van der Waals surface area contributed by atoms with Crippen LogP contribution in [-0.2, 0) is 5.41 Å². The molecular weight excluding hydrogens is 737 g/mol. The minimum Gasteiger partial charge on any atom is -0.228 e. The second-order valence-corrected chi connectivity index (χ2v) is 16.0. The molecule has 2 heteroatoms. The van der Waals surface area contributed by atoms with Crippen LogP contribution in [0.4, 0.5) is 0 Å². The van der Waals surface area contributed by atoms with Crippen LogP contribution in [0.5, 0.6) is 0 Å². The highest BCUT2D eigenvalue weighted by molar-refractivity contribution is 6.19. The summed E-state index contributed by atoms with van der Waals surface area (Å²) < 4.78 is 0. The second-order valence-electron chi connectivity index (χ2n) is 16.0. The van der Waals surface area contributed by atoms with Crippen molar-refractivity contribution in [2.75, 3.05) is 0 Å². The average molecular weight is 775 g/mol. The number of benzene rings is 10. The van der Waals surface area contributed by atoms with Crippen LogP contribution >= 0.6 is 0 Å². The maximum absolute atomic E-state index is 5.73. The van der Waals surface area contributed by atoms with Crippen LogP contribution in [-0.4, -0.2) is 9.97 Å². The third-order valence-electron chi connectivity index (χ3n) is 12.8. The summed E-state index contributed by atoms with van der Waals surface area (Å²) in [5, 5.41) is 7.04. The number of hydrogen-bond donors (Lipinski definition) is 0. The molecule has 0 N–H and O–H groups in total. The van der Waals surface area contributed by atoms with Gasteiger partial charge >= 0.3 is 0 Å². The van der Waals surface area contributed by atoms with E-state index in [4.69, 9.17) is 9.97 Å². The van der Waals surface area contributed by atoms with Crippen molar-refractivity contribution in [3.63, 3.8) is 0 Å². The molecule has 0 saturated carbocycles. The zero-order valence-corrected chi connectivity index (χ0v) is 33.3. The Bertz CT molecular complexity index is 3410. The van der Waals surface area contributed by atoms with Gasteiger partial charge in [0, 0.05) is 16.7 Å². The van der Waals surface area contributed by atoms with Crippen molar-refractivity contribution < 1.29 is 0 Å². The SMILES string of the molecule is c1ccc(-c2ccc(-c3cc(-c4cccc5c4C(c4ccccc4)(c4ccccc4)c4ccccc4-5)nc(-c4c5ccccc5cc5c4ccc4ccccc45)n3)cc2)cc1. The monoisotopic (exact) mass is 774 g/mol. The highest BCUT2D eigenvalue weighted by Gasteiger charge is 2.47. The third kappa shape index (κ3) is 5.50. The van der Waals surface area contributed by atoms with Crippen LogP contribution in [0.15, 0.2) is 231 Å². The molecule has 1 heterocycles. The van der Waals surface area contributed by atoms with Gasteiger partial charge in [-0.3, -0.25) is 0 Å². The first-order valence-corrected chi connectivity index (χ1v) is 21.0. The minimum absolute atomic E-state index is 0.599. The Balaban J connectivity index is 1.18. The Morgan fingerprint density at radius 2 is 0.869 bits per heavy atom. The van der Waals surface area contributed by atoms with Gasteiger partial charge in [-0.2, -0.15) is 0 Å². The first kappa shape index (κ1) is 35.0. The van der Waals surface area contributed by atoms with E-state index >= 15 is 0 Å². The van der Waals surface area contributed by atoms with E-state index in [1.54, 1.807) is 0 Å². The van der Waals surface area contributed by atoms with Crippen molar-refractivity contribution in [3.05, 3.63) is 253 Å². The Morgan fingerprint density at radius 1 is 0.311 bits per heavy atom. The lowest BCUT2D eigenvalue weighted by Crippen LogP contribution is -2.29. The number of nitrogens with zero attached hydrogens (tertiary/aromatic N) is 2. The summed E-state index contributed by atoms with van der Waals surface area (Å²) in [6.45, 7) is 0. The van der Waals surface area contributed by atoms with Gasteiger partial charge in [0.05, 0.1) is 16.8 Å². The summed E-state index contributed by atoms with van der Waals surface area (Å²) in [6, 6.07) is 83.5. The van der Waals surface area contributed by atoms with Crippen molar-refractivity contribution in [3.8, 4) is 56.2 Å². The fourth-order valence-electron chi connectivity index (χ4n) is 10.1. The van der Waals surface area contributed by atoms with Gasteiger partial charge < -0.3 is 0 Å². The molecule has 12 rings (SSSR count). The van der Waals surface area contributed by atoms with Gasteiger partial charge in [-0.15, -0.1) is 0 Å². The van der Waals surface area contributed by atoms with Crippen molar-refractivity contribution in [2.24, 2.45) is 0 Å². The van der Waals surface area contributed by atoms with Crippen LogP contribution in [0.3, 0.4) is 0 Å². The van der Waals surface area contributed by atoms with E-state index in [1.165, 1.54) is 60.7 Å². The molecule has 11 aromatic rings. The topological polar surface area (TPSA) is 25.8 Å². The van der Waals surface area contributed by atoms with Gasteiger partial charge in [-0.25, -0.2) is 9.97 Å². The van der Waals surface area contributed by atoms with E-state index in [2.05, 4.69) is 231 Å². The zero-order chi connectivity index (χ0) is 40.3. The van der Waals surface area contributed by atoms with E-state index in [1.807, 2.05) is 0 Å². The highest BCUT2D eigenvalue weighted by atomic mass is 14.9. The lowest BCUT2D eigenvalue weighted by molar-refractivity contribution is 0.770. The van der Waals surface area contributed by atoms with E-state index in [-0.39, 0.29) is 0 Å². The lowest BCUT2D eigenvalue weighted by atomic mass is 9.66. The van der Waals surface area contributed by atoms with Gasteiger partial charge in [0.1, 0.15) is 0 Å². The molecule has 0 amide bonds. The fourth-order valence-corrected chi connectivity index (χ4v) is 10.1. The molecule has 0 spiro atoms. The first-order chi connectivity index (χ1) is 30.3. The molecule has 0 aliphatic heterocycles. The van der Waals surface area contributed by atoms with E-state index < -0.39 is 5.41 Å². The van der Waals surface area contributed by atoms with Crippen molar-refractivity contribution in [2.45, 2.75) is 5.41 Å². The Hall–Kier alpha value is -7.94. The Morgan fingerprint density at radius 3 is 1.62 bits per heavy atom. The van der Waals surface area contributed by atoms with Gasteiger partial charge in [0.2, 0.25) is 0 Å². The number of rotatable bonds is 6. The maximum atomic E-state index is 5.73. The maximum Gasteiger partial charge on any atom is 0.161 e. The van der Waals surface area contributed by atoms with Crippen LogP contribution < -0.4 is 0 Å². The molecule has 0 bridgehead atoms. The van der Waals surface area contributed by atoms with E-state index in [0.29, 0.717) is 5.82 Å². The molecule has 284 valence electrons. The molecule has 1 aliphatic rings. The van der Waals surface area contributed by atoms with E-state index in [0.717, 1.165) is 44.2 Å². The summed E-state index contributed by atoms with van der Waals surface area (Å²) in [6.07, 6.45) is 0. The normalized spacial score (nSPS) is 12.7. The van der Waals surface area contributed by atoms with Gasteiger partial charge in [0.25, 0.3) is 0 Å². The summed E-state index contributed by atoms with van der Waals surface area (Å²) >= 11 is 0. The quantitative estimate of drug-likeness (QED) is 0.124. The summed E-state index contributed by atoms with van der Waals surface area (Å²) in [4.78, 5) is 11.3. The van der Waals surface area contributed by atoms with Crippen molar-refractivity contribution in [1.82, 2.24) is 9.97 Å². The molecule has 10 aromatic carbocycles.